The van der Waals surface area contributed by atoms with Crippen LogP contribution in [0.3, 0.4) is 0 Å². The summed E-state index contributed by atoms with van der Waals surface area (Å²) in [7, 11) is 0. The third-order valence-corrected chi connectivity index (χ3v) is 6.72. The molecule has 0 aliphatic carbocycles. The number of nitrogens with zero attached hydrogens (tertiary/aromatic N) is 2. The summed E-state index contributed by atoms with van der Waals surface area (Å²) in [6, 6.07) is 18.4. The lowest BCUT2D eigenvalue weighted by Crippen LogP contribution is -2.40. The van der Waals surface area contributed by atoms with Gasteiger partial charge in [-0.3, -0.25) is 4.57 Å². The molecule has 4 aromatic rings. The molecule has 1 saturated heterocycles. The molecular weight excluding hydrogens is 510 g/mol. The SMILES string of the molecule is Nc1nc(=O)n([C@@H]2O[C@H](COC(=O)c3ccccc3)[C@@H](OC(=O)c3ccccc3)[C@H]2O)cc1-c1ccsc1. The van der Waals surface area contributed by atoms with Gasteiger partial charge in [-0.05, 0) is 46.7 Å². The first-order valence-electron chi connectivity index (χ1n) is 11.7. The molecular formula is C27H23N3O7S. The number of ether oxygens (including phenoxy) is 3. The molecule has 0 saturated carbocycles. The Balaban J connectivity index is 1.43. The minimum atomic E-state index is -1.48. The van der Waals surface area contributed by atoms with Crippen LogP contribution in [0.25, 0.3) is 11.1 Å². The fraction of sp³-hybridized carbons (Fsp3) is 0.185. The number of aromatic nitrogens is 2. The molecule has 3 heterocycles. The molecule has 0 bridgehead atoms. The minimum absolute atomic E-state index is 0.0255. The average molecular weight is 534 g/mol. The van der Waals surface area contributed by atoms with E-state index in [1.54, 1.807) is 60.7 Å². The van der Waals surface area contributed by atoms with E-state index in [0.717, 1.165) is 10.1 Å². The lowest BCUT2D eigenvalue weighted by atomic mass is 10.1. The Labute approximate surface area is 220 Å². The fourth-order valence-corrected chi connectivity index (χ4v) is 4.77. The van der Waals surface area contributed by atoms with Gasteiger partial charge in [-0.2, -0.15) is 16.3 Å². The maximum Gasteiger partial charge on any atom is 0.351 e. The van der Waals surface area contributed by atoms with Crippen LogP contribution in [0.2, 0.25) is 0 Å². The average Bonchev–Trinajstić information content (AvgIpc) is 3.57. The molecule has 2 aromatic heterocycles. The number of aliphatic hydroxyl groups excluding tert-OH is 1. The van der Waals surface area contributed by atoms with E-state index in [1.807, 2.05) is 16.8 Å². The smallest absolute Gasteiger partial charge is 0.351 e. The quantitative estimate of drug-likeness (QED) is 0.343. The number of thiophene rings is 1. The van der Waals surface area contributed by atoms with Crippen molar-refractivity contribution in [3.8, 4) is 11.1 Å². The van der Waals surface area contributed by atoms with Crippen molar-refractivity contribution in [1.29, 1.82) is 0 Å². The third-order valence-electron chi connectivity index (χ3n) is 6.04. The van der Waals surface area contributed by atoms with Gasteiger partial charge in [-0.15, -0.1) is 0 Å². The van der Waals surface area contributed by atoms with E-state index >= 15 is 0 Å². The molecule has 0 amide bonds. The molecule has 3 N–H and O–H groups in total. The summed E-state index contributed by atoms with van der Waals surface area (Å²) in [5.74, 6) is -1.30. The number of carbonyl (C=O) groups is 2. The zero-order valence-corrected chi connectivity index (χ0v) is 20.7. The highest BCUT2D eigenvalue weighted by molar-refractivity contribution is 7.08. The van der Waals surface area contributed by atoms with Gasteiger partial charge in [0.1, 0.15) is 24.6 Å². The summed E-state index contributed by atoms with van der Waals surface area (Å²) >= 11 is 1.44. The van der Waals surface area contributed by atoms with E-state index in [4.69, 9.17) is 19.9 Å². The van der Waals surface area contributed by atoms with Crippen LogP contribution in [-0.2, 0) is 14.2 Å². The van der Waals surface area contributed by atoms with Crippen LogP contribution in [0.5, 0.6) is 0 Å². The van der Waals surface area contributed by atoms with Crippen molar-refractivity contribution >= 4 is 29.1 Å². The van der Waals surface area contributed by atoms with Gasteiger partial charge in [0.15, 0.2) is 12.3 Å². The Kier molecular flexibility index (Phi) is 7.31. The molecule has 0 unspecified atom stereocenters. The maximum atomic E-state index is 12.8. The molecule has 11 heteroatoms. The topological polar surface area (TPSA) is 143 Å². The van der Waals surface area contributed by atoms with Crippen molar-refractivity contribution in [1.82, 2.24) is 9.55 Å². The second kappa shape index (κ2) is 11.0. The van der Waals surface area contributed by atoms with Gasteiger partial charge in [0.05, 0.1) is 11.1 Å². The van der Waals surface area contributed by atoms with Crippen LogP contribution in [0, 0.1) is 0 Å². The normalized spacial score (nSPS) is 20.7. The summed E-state index contributed by atoms with van der Waals surface area (Å²) in [5.41, 5.74) is 7.01. The van der Waals surface area contributed by atoms with Crippen LogP contribution in [-0.4, -0.2) is 51.5 Å². The largest absolute Gasteiger partial charge is 0.459 e. The van der Waals surface area contributed by atoms with Crippen molar-refractivity contribution in [3.05, 3.63) is 105 Å². The Morgan fingerprint density at radius 1 is 1.03 bits per heavy atom. The third kappa shape index (κ3) is 5.21. The van der Waals surface area contributed by atoms with Gasteiger partial charge in [-0.1, -0.05) is 36.4 Å². The molecule has 1 aliphatic heterocycles. The fourth-order valence-electron chi connectivity index (χ4n) is 4.11. The maximum absolute atomic E-state index is 12.8. The molecule has 38 heavy (non-hydrogen) atoms. The summed E-state index contributed by atoms with van der Waals surface area (Å²) in [6.45, 7) is -0.345. The minimum Gasteiger partial charge on any atom is -0.459 e. The summed E-state index contributed by atoms with van der Waals surface area (Å²) < 4.78 is 18.1. The second-order valence-corrected chi connectivity index (χ2v) is 9.28. The molecule has 0 spiro atoms. The van der Waals surface area contributed by atoms with Gasteiger partial charge >= 0.3 is 17.6 Å². The van der Waals surface area contributed by atoms with E-state index in [2.05, 4.69) is 4.98 Å². The van der Waals surface area contributed by atoms with Gasteiger partial charge in [0, 0.05) is 11.8 Å². The van der Waals surface area contributed by atoms with Crippen LogP contribution >= 0.6 is 11.3 Å². The highest BCUT2D eigenvalue weighted by Crippen LogP contribution is 2.33. The van der Waals surface area contributed by atoms with E-state index in [9.17, 15) is 19.5 Å². The number of carbonyl (C=O) groups excluding carboxylic acids is 2. The van der Waals surface area contributed by atoms with Crippen LogP contribution in [0.1, 0.15) is 26.9 Å². The summed E-state index contributed by atoms with van der Waals surface area (Å²) in [5, 5.41) is 14.9. The Bertz CT molecular complexity index is 1480. The lowest BCUT2D eigenvalue weighted by Gasteiger charge is -2.21. The highest BCUT2D eigenvalue weighted by atomic mass is 32.1. The zero-order chi connectivity index (χ0) is 26.6. The van der Waals surface area contributed by atoms with Crippen molar-refractivity contribution < 1.29 is 28.9 Å². The van der Waals surface area contributed by atoms with Gasteiger partial charge in [-0.25, -0.2) is 14.4 Å². The number of hydrogen-bond acceptors (Lipinski definition) is 10. The Morgan fingerprint density at radius 3 is 2.32 bits per heavy atom. The highest BCUT2D eigenvalue weighted by Gasteiger charge is 2.48. The first-order chi connectivity index (χ1) is 18.4. The molecule has 194 valence electrons. The number of anilines is 1. The number of aliphatic hydroxyl groups is 1. The van der Waals surface area contributed by atoms with Crippen molar-refractivity contribution in [3.63, 3.8) is 0 Å². The zero-order valence-electron chi connectivity index (χ0n) is 19.9. The number of esters is 2. The predicted molar refractivity (Wildman–Crippen MR) is 139 cm³/mol. The van der Waals surface area contributed by atoms with Crippen molar-refractivity contribution in [2.45, 2.75) is 24.5 Å². The first kappa shape index (κ1) is 25.3. The molecule has 10 nitrogen and oxygen atoms in total. The Morgan fingerprint density at radius 2 is 1.68 bits per heavy atom. The molecule has 4 atom stereocenters. The first-order valence-corrected chi connectivity index (χ1v) is 12.6. The summed E-state index contributed by atoms with van der Waals surface area (Å²) in [6.07, 6.45) is -3.67. The van der Waals surface area contributed by atoms with Gasteiger partial charge < -0.3 is 25.1 Å². The van der Waals surface area contributed by atoms with Crippen LogP contribution in [0.4, 0.5) is 5.82 Å². The number of nitrogen functional groups attached to an aromatic ring is 1. The molecule has 1 fully saturated rings. The number of nitrogens with two attached hydrogens (primary N) is 1. The standard InChI is InChI=1S/C27H23N3O7S/c28-23-19(18-11-12-38-15-18)13-30(27(34)29-23)24-21(31)22(37-26(33)17-9-5-2-6-10-17)20(36-24)14-35-25(32)16-7-3-1-4-8-16/h1-13,15,20-22,24,31H,14H2,(H2,28,29,34)/t20-,21-,22-,24-/m1/s1. The molecule has 2 aromatic carbocycles. The van der Waals surface area contributed by atoms with Crippen molar-refractivity contribution in [2.75, 3.05) is 12.3 Å². The van der Waals surface area contributed by atoms with Gasteiger partial charge in [0.25, 0.3) is 0 Å². The van der Waals surface area contributed by atoms with E-state index in [0.29, 0.717) is 11.1 Å². The summed E-state index contributed by atoms with van der Waals surface area (Å²) in [4.78, 5) is 42.0. The second-order valence-electron chi connectivity index (χ2n) is 8.50. The van der Waals surface area contributed by atoms with E-state index < -0.39 is 42.2 Å². The molecule has 5 rings (SSSR count). The van der Waals surface area contributed by atoms with E-state index in [1.165, 1.54) is 17.5 Å². The van der Waals surface area contributed by atoms with Crippen molar-refractivity contribution in [2.24, 2.45) is 0 Å². The van der Waals surface area contributed by atoms with Crippen LogP contribution < -0.4 is 11.4 Å². The number of benzene rings is 2. The molecule has 0 radical (unpaired) electrons. The number of hydrogen-bond donors (Lipinski definition) is 2. The van der Waals surface area contributed by atoms with Crippen LogP contribution in [0.15, 0.2) is 88.5 Å². The van der Waals surface area contributed by atoms with E-state index in [-0.39, 0.29) is 18.0 Å². The lowest BCUT2D eigenvalue weighted by molar-refractivity contribution is -0.0613. The Hall–Kier alpha value is -4.32. The number of rotatable bonds is 7. The predicted octanol–water partition coefficient (Wildman–Crippen LogP) is 2.89. The monoisotopic (exact) mass is 533 g/mol. The molecule has 1 aliphatic rings. The van der Waals surface area contributed by atoms with Gasteiger partial charge in [0.2, 0.25) is 0 Å².